The molecular weight excluding hydrogens is 222 g/mol. The Kier molecular flexibility index (Phi) is 4.96. The smallest absolute Gasteiger partial charge is 0.317 e. The number of carboxylic acids is 1. The molecule has 0 bridgehead atoms. The van der Waals surface area contributed by atoms with Crippen molar-refractivity contribution in [2.45, 2.75) is 39.8 Å². The summed E-state index contributed by atoms with van der Waals surface area (Å²) >= 11 is 1.70. The van der Waals surface area contributed by atoms with Crippen molar-refractivity contribution < 1.29 is 9.90 Å². The summed E-state index contributed by atoms with van der Waals surface area (Å²) in [7, 11) is 0. The first kappa shape index (κ1) is 13.2. The molecule has 1 N–H and O–H groups in total. The van der Waals surface area contributed by atoms with Gasteiger partial charge < -0.3 is 5.11 Å². The van der Waals surface area contributed by atoms with Gasteiger partial charge in [0.1, 0.15) is 0 Å². The summed E-state index contributed by atoms with van der Waals surface area (Å²) in [5.41, 5.74) is 1.25. The molecule has 4 heteroatoms. The minimum atomic E-state index is -0.755. The molecule has 0 aliphatic heterocycles. The van der Waals surface area contributed by atoms with E-state index in [0.717, 1.165) is 13.0 Å². The molecule has 0 radical (unpaired) electrons. The Morgan fingerprint density at radius 3 is 2.75 bits per heavy atom. The highest BCUT2D eigenvalue weighted by Crippen LogP contribution is 2.19. The van der Waals surface area contributed by atoms with E-state index in [0.29, 0.717) is 6.04 Å². The summed E-state index contributed by atoms with van der Waals surface area (Å²) in [5.74, 6) is -0.755. The van der Waals surface area contributed by atoms with Crippen LogP contribution in [-0.4, -0.2) is 28.6 Å². The molecule has 1 unspecified atom stereocenters. The molecule has 1 atom stereocenters. The van der Waals surface area contributed by atoms with Gasteiger partial charge in [-0.05, 0) is 37.3 Å². The molecule has 90 valence electrons. The predicted octanol–water partition coefficient (Wildman–Crippen LogP) is 2.74. The van der Waals surface area contributed by atoms with E-state index in [1.807, 2.05) is 4.90 Å². The number of hydrogen-bond donors (Lipinski definition) is 1. The maximum absolute atomic E-state index is 10.8. The molecule has 0 saturated heterocycles. The Labute approximate surface area is 101 Å². The summed E-state index contributed by atoms with van der Waals surface area (Å²) in [6.07, 6.45) is 0.970. The minimum Gasteiger partial charge on any atom is -0.480 e. The standard InChI is InChI=1S/C12H19NO2S/c1-4-10(3)13(8-12(14)15)7-11-9(2)5-6-16-11/h5-6,10H,4,7-8H2,1-3H3,(H,14,15). The van der Waals surface area contributed by atoms with Crippen molar-refractivity contribution in [3.63, 3.8) is 0 Å². The van der Waals surface area contributed by atoms with Crippen molar-refractivity contribution in [3.05, 3.63) is 21.9 Å². The number of rotatable bonds is 6. The Morgan fingerprint density at radius 2 is 2.31 bits per heavy atom. The van der Waals surface area contributed by atoms with Crippen molar-refractivity contribution in [1.82, 2.24) is 4.90 Å². The van der Waals surface area contributed by atoms with Crippen LogP contribution in [0.1, 0.15) is 30.7 Å². The van der Waals surface area contributed by atoms with Gasteiger partial charge in [0, 0.05) is 17.5 Å². The first-order valence-electron chi connectivity index (χ1n) is 5.53. The third kappa shape index (κ3) is 3.61. The molecule has 0 saturated carbocycles. The Balaban J connectivity index is 2.70. The summed E-state index contributed by atoms with van der Waals surface area (Å²) in [6, 6.07) is 2.38. The van der Waals surface area contributed by atoms with Gasteiger partial charge in [-0.2, -0.15) is 0 Å². The summed E-state index contributed by atoms with van der Waals surface area (Å²) in [4.78, 5) is 14.1. The molecule has 1 aromatic rings. The van der Waals surface area contributed by atoms with Gasteiger partial charge in [-0.15, -0.1) is 11.3 Å². The quantitative estimate of drug-likeness (QED) is 0.832. The van der Waals surface area contributed by atoms with Crippen molar-refractivity contribution in [3.8, 4) is 0 Å². The number of aryl methyl sites for hydroxylation is 1. The molecule has 0 amide bonds. The van der Waals surface area contributed by atoms with Gasteiger partial charge in [0.15, 0.2) is 0 Å². The normalized spacial score (nSPS) is 13.0. The van der Waals surface area contributed by atoms with Gasteiger partial charge >= 0.3 is 5.97 Å². The van der Waals surface area contributed by atoms with Crippen LogP contribution < -0.4 is 0 Å². The van der Waals surface area contributed by atoms with Crippen LogP contribution in [0.25, 0.3) is 0 Å². The predicted molar refractivity (Wildman–Crippen MR) is 66.9 cm³/mol. The van der Waals surface area contributed by atoms with E-state index in [1.165, 1.54) is 10.4 Å². The fourth-order valence-corrected chi connectivity index (χ4v) is 2.48. The van der Waals surface area contributed by atoms with Crippen LogP contribution in [0.4, 0.5) is 0 Å². The number of carboxylic acid groups (broad SMARTS) is 1. The Morgan fingerprint density at radius 1 is 1.62 bits per heavy atom. The summed E-state index contributed by atoms with van der Waals surface area (Å²) in [5, 5.41) is 10.9. The molecule has 0 spiro atoms. The highest BCUT2D eigenvalue weighted by atomic mass is 32.1. The van der Waals surface area contributed by atoms with Crippen molar-refractivity contribution >= 4 is 17.3 Å². The third-order valence-electron chi connectivity index (χ3n) is 2.87. The lowest BCUT2D eigenvalue weighted by Crippen LogP contribution is -2.36. The molecule has 0 aliphatic rings. The average Bonchev–Trinajstić information content (AvgIpc) is 2.61. The molecule has 1 aromatic heterocycles. The summed E-state index contributed by atoms with van der Waals surface area (Å²) < 4.78 is 0. The van der Waals surface area contributed by atoms with Crippen LogP contribution in [0.3, 0.4) is 0 Å². The monoisotopic (exact) mass is 241 g/mol. The third-order valence-corrected chi connectivity index (χ3v) is 3.88. The molecule has 1 rings (SSSR count). The Bertz CT molecular complexity index is 349. The first-order chi connectivity index (χ1) is 7.54. The van der Waals surface area contributed by atoms with Gasteiger partial charge in [0.05, 0.1) is 6.54 Å². The highest BCUT2D eigenvalue weighted by molar-refractivity contribution is 7.10. The number of thiophene rings is 1. The van der Waals surface area contributed by atoms with E-state index < -0.39 is 5.97 Å². The van der Waals surface area contributed by atoms with Crippen LogP contribution in [0.15, 0.2) is 11.4 Å². The zero-order chi connectivity index (χ0) is 12.1. The van der Waals surface area contributed by atoms with Gasteiger partial charge in [-0.1, -0.05) is 6.92 Å². The van der Waals surface area contributed by atoms with Gasteiger partial charge in [0.25, 0.3) is 0 Å². The van der Waals surface area contributed by atoms with Crippen molar-refractivity contribution in [2.75, 3.05) is 6.54 Å². The second kappa shape index (κ2) is 6.01. The van der Waals surface area contributed by atoms with Gasteiger partial charge in [-0.25, -0.2) is 0 Å². The second-order valence-electron chi connectivity index (χ2n) is 4.08. The van der Waals surface area contributed by atoms with Gasteiger partial charge in [-0.3, -0.25) is 9.69 Å². The van der Waals surface area contributed by atoms with E-state index in [-0.39, 0.29) is 6.54 Å². The fourth-order valence-electron chi connectivity index (χ4n) is 1.55. The first-order valence-corrected chi connectivity index (χ1v) is 6.41. The topological polar surface area (TPSA) is 40.5 Å². The summed E-state index contributed by atoms with van der Waals surface area (Å²) in [6.45, 7) is 7.09. The molecule has 16 heavy (non-hydrogen) atoms. The minimum absolute atomic E-state index is 0.117. The zero-order valence-electron chi connectivity index (χ0n) is 10.1. The van der Waals surface area contributed by atoms with E-state index in [9.17, 15) is 4.79 Å². The average molecular weight is 241 g/mol. The van der Waals surface area contributed by atoms with Gasteiger partial charge in [0.2, 0.25) is 0 Å². The van der Waals surface area contributed by atoms with E-state index in [2.05, 4.69) is 32.2 Å². The number of hydrogen-bond acceptors (Lipinski definition) is 3. The van der Waals surface area contributed by atoms with Crippen molar-refractivity contribution in [1.29, 1.82) is 0 Å². The fraction of sp³-hybridized carbons (Fsp3) is 0.583. The maximum Gasteiger partial charge on any atom is 0.317 e. The molecule has 0 fully saturated rings. The highest BCUT2D eigenvalue weighted by Gasteiger charge is 2.17. The number of carbonyl (C=O) groups is 1. The lowest BCUT2D eigenvalue weighted by molar-refractivity contribution is -0.139. The van der Waals surface area contributed by atoms with Crippen LogP contribution in [0.5, 0.6) is 0 Å². The van der Waals surface area contributed by atoms with E-state index in [1.54, 1.807) is 11.3 Å². The number of nitrogens with zero attached hydrogens (tertiary/aromatic N) is 1. The molecule has 0 aromatic carbocycles. The molecule has 1 heterocycles. The molecular formula is C12H19NO2S. The zero-order valence-corrected chi connectivity index (χ0v) is 10.9. The van der Waals surface area contributed by atoms with E-state index in [4.69, 9.17) is 5.11 Å². The molecule has 0 aliphatic carbocycles. The lowest BCUT2D eigenvalue weighted by atomic mass is 10.2. The SMILES string of the molecule is CCC(C)N(CC(=O)O)Cc1sccc1C. The van der Waals surface area contributed by atoms with Crippen LogP contribution in [0, 0.1) is 6.92 Å². The van der Waals surface area contributed by atoms with E-state index >= 15 is 0 Å². The van der Waals surface area contributed by atoms with Crippen LogP contribution >= 0.6 is 11.3 Å². The lowest BCUT2D eigenvalue weighted by Gasteiger charge is -2.26. The Hall–Kier alpha value is -0.870. The van der Waals surface area contributed by atoms with Crippen molar-refractivity contribution in [2.24, 2.45) is 0 Å². The van der Waals surface area contributed by atoms with Crippen LogP contribution in [-0.2, 0) is 11.3 Å². The largest absolute Gasteiger partial charge is 0.480 e. The molecule has 3 nitrogen and oxygen atoms in total. The second-order valence-corrected chi connectivity index (χ2v) is 5.08. The maximum atomic E-state index is 10.8. The van der Waals surface area contributed by atoms with Crippen LogP contribution in [0.2, 0.25) is 0 Å². The number of aliphatic carboxylic acids is 1.